The zero-order valence-electron chi connectivity index (χ0n) is 9.66. The van der Waals surface area contributed by atoms with Crippen molar-refractivity contribution in [1.82, 2.24) is 0 Å². The zero-order chi connectivity index (χ0) is 12.1. The molecular weight excluding hydrogens is 204 g/mol. The minimum absolute atomic E-state index is 0.168. The molecule has 1 aromatic carbocycles. The zero-order valence-corrected chi connectivity index (χ0v) is 9.66. The van der Waals surface area contributed by atoms with Crippen molar-refractivity contribution >= 4 is 11.6 Å². The van der Waals surface area contributed by atoms with E-state index in [-0.39, 0.29) is 11.7 Å². The Morgan fingerprint density at radius 2 is 2.25 bits per heavy atom. The molecule has 0 saturated heterocycles. The molecule has 1 amide bonds. The lowest BCUT2D eigenvalue weighted by molar-refractivity contribution is -0.117. The molecule has 0 aliphatic heterocycles. The number of carbonyl (C=O) groups excluding carboxylic acids is 1. The number of anilines is 1. The molecule has 0 aliphatic carbocycles. The predicted octanol–water partition coefficient (Wildman–Crippen LogP) is 1.77. The van der Waals surface area contributed by atoms with Crippen molar-refractivity contribution in [2.24, 2.45) is 5.73 Å². The van der Waals surface area contributed by atoms with E-state index in [1.165, 1.54) is 6.07 Å². The Hall–Kier alpha value is -1.55. The van der Waals surface area contributed by atoms with Gasteiger partial charge in [-0.2, -0.15) is 0 Å². The van der Waals surface area contributed by atoms with Gasteiger partial charge in [0.1, 0.15) is 5.75 Å². The average Bonchev–Trinajstić information content (AvgIpc) is 2.24. The number of hydrogen-bond donors (Lipinski definition) is 3. The number of carbonyl (C=O) groups is 1. The van der Waals surface area contributed by atoms with E-state index in [9.17, 15) is 9.90 Å². The third-order valence-corrected chi connectivity index (χ3v) is 2.41. The lowest BCUT2D eigenvalue weighted by Crippen LogP contribution is -2.35. The third-order valence-electron chi connectivity index (χ3n) is 2.41. The number of nitrogens with one attached hydrogen (secondary N) is 1. The molecule has 88 valence electrons. The predicted molar refractivity (Wildman–Crippen MR) is 64.4 cm³/mol. The lowest BCUT2D eigenvalue weighted by Gasteiger charge is -2.11. The van der Waals surface area contributed by atoms with Crippen LogP contribution in [0.1, 0.15) is 25.3 Å². The van der Waals surface area contributed by atoms with E-state index < -0.39 is 6.04 Å². The number of phenolic OH excluding ortho intramolecular Hbond substituents is 1. The molecule has 1 aromatic rings. The fourth-order valence-electron chi connectivity index (χ4n) is 1.36. The van der Waals surface area contributed by atoms with Crippen LogP contribution in [0.5, 0.6) is 5.75 Å². The highest BCUT2D eigenvalue weighted by molar-refractivity contribution is 5.94. The Kier molecular flexibility index (Phi) is 4.31. The van der Waals surface area contributed by atoms with Gasteiger partial charge in [0.2, 0.25) is 5.91 Å². The first-order chi connectivity index (χ1) is 7.54. The SMILES string of the molecule is CCC[C@H](N)C(=O)Nc1ccc(C)c(O)c1. The minimum Gasteiger partial charge on any atom is -0.508 e. The average molecular weight is 222 g/mol. The van der Waals surface area contributed by atoms with Crippen molar-refractivity contribution in [2.45, 2.75) is 32.7 Å². The van der Waals surface area contributed by atoms with E-state index in [1.54, 1.807) is 19.1 Å². The monoisotopic (exact) mass is 222 g/mol. The number of phenols is 1. The van der Waals surface area contributed by atoms with Crippen LogP contribution < -0.4 is 11.1 Å². The fourth-order valence-corrected chi connectivity index (χ4v) is 1.36. The van der Waals surface area contributed by atoms with E-state index in [2.05, 4.69) is 5.32 Å². The summed E-state index contributed by atoms with van der Waals surface area (Å²) in [4.78, 5) is 11.6. The molecule has 4 heteroatoms. The van der Waals surface area contributed by atoms with Crippen LogP contribution in [0.25, 0.3) is 0 Å². The molecular formula is C12H18N2O2. The molecule has 0 heterocycles. The van der Waals surface area contributed by atoms with Gasteiger partial charge in [0, 0.05) is 11.8 Å². The molecule has 16 heavy (non-hydrogen) atoms. The van der Waals surface area contributed by atoms with E-state index in [1.807, 2.05) is 6.92 Å². The summed E-state index contributed by atoms with van der Waals surface area (Å²) in [5.41, 5.74) is 7.01. The van der Waals surface area contributed by atoms with Gasteiger partial charge in [0.15, 0.2) is 0 Å². The third kappa shape index (κ3) is 3.24. The van der Waals surface area contributed by atoms with Crippen LogP contribution in [0.2, 0.25) is 0 Å². The van der Waals surface area contributed by atoms with Crippen LogP contribution in [-0.4, -0.2) is 17.1 Å². The van der Waals surface area contributed by atoms with Gasteiger partial charge in [-0.15, -0.1) is 0 Å². The van der Waals surface area contributed by atoms with Gasteiger partial charge in [-0.1, -0.05) is 19.4 Å². The molecule has 0 radical (unpaired) electrons. The van der Waals surface area contributed by atoms with Crippen LogP contribution in [-0.2, 0) is 4.79 Å². The van der Waals surface area contributed by atoms with E-state index in [4.69, 9.17) is 5.73 Å². The van der Waals surface area contributed by atoms with Crippen LogP contribution in [0.4, 0.5) is 5.69 Å². The minimum atomic E-state index is -0.492. The number of amides is 1. The molecule has 1 rings (SSSR count). The van der Waals surface area contributed by atoms with Crippen LogP contribution >= 0.6 is 0 Å². The second-order valence-electron chi connectivity index (χ2n) is 3.89. The van der Waals surface area contributed by atoms with Gasteiger partial charge < -0.3 is 16.2 Å². The summed E-state index contributed by atoms with van der Waals surface area (Å²) in [5, 5.41) is 12.1. The Labute approximate surface area is 95.5 Å². The van der Waals surface area contributed by atoms with Gasteiger partial charge in [0.25, 0.3) is 0 Å². The van der Waals surface area contributed by atoms with Crippen molar-refractivity contribution < 1.29 is 9.90 Å². The Balaban J connectivity index is 2.66. The largest absolute Gasteiger partial charge is 0.508 e. The Morgan fingerprint density at radius 3 is 2.81 bits per heavy atom. The van der Waals surface area contributed by atoms with E-state index >= 15 is 0 Å². The molecule has 0 unspecified atom stereocenters. The molecule has 1 atom stereocenters. The summed E-state index contributed by atoms with van der Waals surface area (Å²) in [5.74, 6) is -0.0491. The van der Waals surface area contributed by atoms with E-state index in [0.717, 1.165) is 12.0 Å². The molecule has 0 saturated carbocycles. The van der Waals surface area contributed by atoms with Crippen LogP contribution in [0.3, 0.4) is 0 Å². The quantitative estimate of drug-likeness (QED) is 0.726. The highest BCUT2D eigenvalue weighted by Gasteiger charge is 2.12. The number of rotatable bonds is 4. The van der Waals surface area contributed by atoms with Crippen LogP contribution in [0.15, 0.2) is 18.2 Å². The number of benzene rings is 1. The van der Waals surface area contributed by atoms with Crippen molar-refractivity contribution in [3.8, 4) is 5.75 Å². The normalized spacial score (nSPS) is 12.2. The highest BCUT2D eigenvalue weighted by Crippen LogP contribution is 2.20. The summed E-state index contributed by atoms with van der Waals surface area (Å²) in [6.45, 7) is 3.77. The maximum absolute atomic E-state index is 11.6. The standard InChI is InChI=1S/C12H18N2O2/c1-3-4-10(13)12(16)14-9-6-5-8(2)11(15)7-9/h5-7,10,15H,3-4,13H2,1-2H3,(H,14,16)/t10-/m0/s1. The van der Waals surface area contributed by atoms with Gasteiger partial charge in [-0.25, -0.2) is 0 Å². The maximum atomic E-state index is 11.6. The van der Waals surface area contributed by atoms with E-state index in [0.29, 0.717) is 12.1 Å². The molecule has 4 nitrogen and oxygen atoms in total. The first kappa shape index (κ1) is 12.5. The Bertz CT molecular complexity index is 377. The topological polar surface area (TPSA) is 75.4 Å². The summed E-state index contributed by atoms with van der Waals surface area (Å²) >= 11 is 0. The summed E-state index contributed by atoms with van der Waals surface area (Å²) in [6, 6.07) is 4.52. The van der Waals surface area contributed by atoms with Gasteiger partial charge in [-0.3, -0.25) is 4.79 Å². The second kappa shape index (κ2) is 5.51. The van der Waals surface area contributed by atoms with Crippen molar-refractivity contribution in [3.63, 3.8) is 0 Å². The number of hydrogen-bond acceptors (Lipinski definition) is 3. The number of aryl methyl sites for hydroxylation is 1. The molecule has 0 spiro atoms. The number of nitrogens with two attached hydrogens (primary N) is 1. The first-order valence-electron chi connectivity index (χ1n) is 5.40. The summed E-state index contributed by atoms with van der Waals surface area (Å²) in [7, 11) is 0. The Morgan fingerprint density at radius 1 is 1.56 bits per heavy atom. The van der Waals surface area contributed by atoms with Crippen LogP contribution in [0, 0.1) is 6.92 Å². The molecule has 0 aliphatic rings. The molecule has 0 aromatic heterocycles. The smallest absolute Gasteiger partial charge is 0.241 e. The summed E-state index contributed by atoms with van der Waals surface area (Å²) < 4.78 is 0. The van der Waals surface area contributed by atoms with Crippen molar-refractivity contribution in [2.75, 3.05) is 5.32 Å². The molecule has 4 N–H and O–H groups in total. The van der Waals surface area contributed by atoms with Gasteiger partial charge in [-0.05, 0) is 25.0 Å². The highest BCUT2D eigenvalue weighted by atomic mass is 16.3. The van der Waals surface area contributed by atoms with Gasteiger partial charge in [0.05, 0.1) is 6.04 Å². The molecule has 0 fully saturated rings. The summed E-state index contributed by atoms with van der Waals surface area (Å²) in [6.07, 6.45) is 1.53. The maximum Gasteiger partial charge on any atom is 0.241 e. The fraction of sp³-hybridized carbons (Fsp3) is 0.417. The molecule has 0 bridgehead atoms. The van der Waals surface area contributed by atoms with Crippen molar-refractivity contribution in [1.29, 1.82) is 0 Å². The lowest BCUT2D eigenvalue weighted by atomic mass is 10.1. The van der Waals surface area contributed by atoms with Gasteiger partial charge >= 0.3 is 0 Å². The second-order valence-corrected chi connectivity index (χ2v) is 3.89. The first-order valence-corrected chi connectivity index (χ1v) is 5.40. The van der Waals surface area contributed by atoms with Crippen molar-refractivity contribution in [3.05, 3.63) is 23.8 Å². The number of aromatic hydroxyl groups is 1.